The lowest BCUT2D eigenvalue weighted by atomic mass is 9.94. The lowest BCUT2D eigenvalue weighted by Crippen LogP contribution is -2.40. The molecule has 4 heteroatoms. The van der Waals surface area contributed by atoms with E-state index in [4.69, 9.17) is 0 Å². The minimum Gasteiger partial charge on any atom is -0.395 e. The maximum Gasteiger partial charge on any atom is 0.133 e. The van der Waals surface area contributed by atoms with Crippen LogP contribution >= 0.6 is 0 Å². The Balaban J connectivity index is 2.14. The Morgan fingerprint density at radius 1 is 1.33 bits per heavy atom. The molecule has 118 valence electrons. The second kappa shape index (κ2) is 9.00. The molecule has 2 N–H and O–H groups in total. The molecular formula is C17H29N3O. The third kappa shape index (κ3) is 4.68. The molecule has 4 nitrogen and oxygen atoms in total. The highest BCUT2D eigenvalue weighted by Crippen LogP contribution is 2.28. The van der Waals surface area contributed by atoms with Crippen LogP contribution < -0.4 is 10.2 Å². The third-order valence-electron chi connectivity index (χ3n) is 4.24. The molecule has 1 aliphatic rings. The van der Waals surface area contributed by atoms with Crippen LogP contribution in [-0.4, -0.2) is 35.8 Å². The largest absolute Gasteiger partial charge is 0.395 e. The molecule has 1 aliphatic carbocycles. The van der Waals surface area contributed by atoms with Gasteiger partial charge in [0.15, 0.2) is 0 Å². The fourth-order valence-corrected chi connectivity index (χ4v) is 3.19. The third-order valence-corrected chi connectivity index (χ3v) is 4.24. The highest BCUT2D eigenvalue weighted by molar-refractivity contribution is 5.47. The summed E-state index contributed by atoms with van der Waals surface area (Å²) in [6.45, 7) is 4.93. The Kier molecular flexibility index (Phi) is 6.96. The van der Waals surface area contributed by atoms with Gasteiger partial charge in [-0.1, -0.05) is 32.3 Å². The predicted octanol–water partition coefficient (Wildman–Crippen LogP) is 2.71. The maximum absolute atomic E-state index is 9.45. The van der Waals surface area contributed by atoms with E-state index in [2.05, 4.69) is 28.2 Å². The molecular weight excluding hydrogens is 262 g/mol. The van der Waals surface area contributed by atoms with Gasteiger partial charge in [-0.2, -0.15) is 0 Å². The van der Waals surface area contributed by atoms with E-state index in [9.17, 15) is 5.11 Å². The van der Waals surface area contributed by atoms with Crippen molar-refractivity contribution in [1.29, 1.82) is 0 Å². The average Bonchev–Trinajstić information content (AvgIpc) is 2.54. The Hall–Kier alpha value is -1.13. The number of pyridine rings is 1. The van der Waals surface area contributed by atoms with E-state index >= 15 is 0 Å². The normalized spacial score (nSPS) is 16.1. The molecule has 1 fully saturated rings. The first-order chi connectivity index (χ1) is 10.4. The molecule has 0 spiro atoms. The molecule has 1 saturated carbocycles. The Morgan fingerprint density at radius 2 is 2.14 bits per heavy atom. The van der Waals surface area contributed by atoms with Crippen LogP contribution in [0.1, 0.15) is 51.0 Å². The SMILES string of the molecule is CCCNCc1cccnc1N(CCO)C1CCCCC1. The smallest absolute Gasteiger partial charge is 0.133 e. The number of aromatic nitrogens is 1. The zero-order valence-electron chi connectivity index (χ0n) is 13.2. The highest BCUT2D eigenvalue weighted by Gasteiger charge is 2.23. The summed E-state index contributed by atoms with van der Waals surface area (Å²) in [4.78, 5) is 6.96. The van der Waals surface area contributed by atoms with E-state index < -0.39 is 0 Å². The van der Waals surface area contributed by atoms with Crippen molar-refractivity contribution >= 4 is 5.82 Å². The summed E-state index contributed by atoms with van der Waals surface area (Å²) in [6, 6.07) is 4.69. The summed E-state index contributed by atoms with van der Waals surface area (Å²) < 4.78 is 0. The lowest BCUT2D eigenvalue weighted by Gasteiger charge is -2.36. The molecule has 0 atom stereocenters. The molecule has 0 radical (unpaired) electrons. The van der Waals surface area contributed by atoms with Crippen molar-refractivity contribution in [2.75, 3.05) is 24.6 Å². The average molecular weight is 291 g/mol. The minimum atomic E-state index is 0.189. The van der Waals surface area contributed by atoms with Crippen LogP contribution in [0.4, 0.5) is 5.82 Å². The van der Waals surface area contributed by atoms with Gasteiger partial charge in [-0.3, -0.25) is 0 Å². The number of hydrogen-bond donors (Lipinski definition) is 2. The molecule has 0 aliphatic heterocycles. The van der Waals surface area contributed by atoms with Crippen LogP contribution in [0.15, 0.2) is 18.3 Å². The van der Waals surface area contributed by atoms with E-state index in [0.717, 1.165) is 25.3 Å². The molecule has 2 rings (SSSR count). The zero-order chi connectivity index (χ0) is 14.9. The first kappa shape index (κ1) is 16.2. The van der Waals surface area contributed by atoms with Crippen molar-refractivity contribution in [1.82, 2.24) is 10.3 Å². The van der Waals surface area contributed by atoms with Gasteiger partial charge >= 0.3 is 0 Å². The molecule has 0 aromatic carbocycles. The second-order valence-electron chi connectivity index (χ2n) is 5.87. The number of aliphatic hydroxyl groups is 1. The van der Waals surface area contributed by atoms with Gasteiger partial charge < -0.3 is 15.3 Å². The van der Waals surface area contributed by atoms with Gasteiger partial charge in [-0.15, -0.1) is 0 Å². The molecule has 1 heterocycles. The Labute approximate surface area is 128 Å². The molecule has 0 amide bonds. The van der Waals surface area contributed by atoms with Crippen LogP contribution in [0.25, 0.3) is 0 Å². The Bertz CT molecular complexity index is 405. The van der Waals surface area contributed by atoms with E-state index in [0.29, 0.717) is 12.6 Å². The van der Waals surface area contributed by atoms with Crippen molar-refractivity contribution in [3.8, 4) is 0 Å². The standard InChI is InChI=1S/C17H29N3O/c1-2-10-18-14-15-7-6-11-19-17(15)20(12-13-21)16-8-4-3-5-9-16/h6-7,11,16,18,21H,2-5,8-10,12-14H2,1H3. The highest BCUT2D eigenvalue weighted by atomic mass is 16.3. The maximum atomic E-state index is 9.45. The van der Waals surface area contributed by atoms with Gasteiger partial charge in [0, 0.05) is 30.9 Å². The number of nitrogens with one attached hydrogen (secondary N) is 1. The van der Waals surface area contributed by atoms with Crippen LogP contribution in [0.5, 0.6) is 0 Å². The fourth-order valence-electron chi connectivity index (χ4n) is 3.19. The van der Waals surface area contributed by atoms with E-state index in [1.807, 2.05) is 12.3 Å². The summed E-state index contributed by atoms with van der Waals surface area (Å²) in [5.74, 6) is 1.06. The predicted molar refractivity (Wildman–Crippen MR) is 87.5 cm³/mol. The molecule has 0 bridgehead atoms. The van der Waals surface area contributed by atoms with Crippen molar-refractivity contribution in [2.24, 2.45) is 0 Å². The number of nitrogens with zero attached hydrogens (tertiary/aromatic N) is 2. The van der Waals surface area contributed by atoms with Gasteiger partial charge in [0.05, 0.1) is 6.61 Å². The lowest BCUT2D eigenvalue weighted by molar-refractivity contribution is 0.289. The minimum absolute atomic E-state index is 0.189. The van der Waals surface area contributed by atoms with Crippen LogP contribution in [-0.2, 0) is 6.54 Å². The fraction of sp³-hybridized carbons (Fsp3) is 0.706. The molecule has 1 aromatic rings. The zero-order valence-corrected chi connectivity index (χ0v) is 13.2. The summed E-state index contributed by atoms with van der Waals surface area (Å²) >= 11 is 0. The van der Waals surface area contributed by atoms with Crippen molar-refractivity contribution < 1.29 is 5.11 Å². The first-order valence-corrected chi connectivity index (χ1v) is 8.39. The first-order valence-electron chi connectivity index (χ1n) is 8.39. The van der Waals surface area contributed by atoms with Crippen molar-refractivity contribution in [3.05, 3.63) is 23.9 Å². The number of anilines is 1. The van der Waals surface area contributed by atoms with Crippen LogP contribution in [0, 0.1) is 0 Å². The number of hydrogen-bond acceptors (Lipinski definition) is 4. The van der Waals surface area contributed by atoms with Crippen LogP contribution in [0.3, 0.4) is 0 Å². The topological polar surface area (TPSA) is 48.4 Å². The van der Waals surface area contributed by atoms with Crippen molar-refractivity contribution in [3.63, 3.8) is 0 Å². The van der Waals surface area contributed by atoms with E-state index in [-0.39, 0.29) is 6.61 Å². The summed E-state index contributed by atoms with van der Waals surface area (Å²) in [5, 5.41) is 12.9. The quantitative estimate of drug-likeness (QED) is 0.723. The summed E-state index contributed by atoms with van der Waals surface area (Å²) in [6.07, 6.45) is 9.38. The molecule has 21 heavy (non-hydrogen) atoms. The van der Waals surface area contributed by atoms with Crippen LogP contribution in [0.2, 0.25) is 0 Å². The van der Waals surface area contributed by atoms with Gasteiger partial charge in [0.1, 0.15) is 5.82 Å². The summed E-state index contributed by atoms with van der Waals surface area (Å²) in [5.41, 5.74) is 1.24. The van der Waals surface area contributed by atoms with Crippen molar-refractivity contribution in [2.45, 2.75) is 58.0 Å². The monoisotopic (exact) mass is 291 g/mol. The van der Waals surface area contributed by atoms with Gasteiger partial charge in [-0.05, 0) is 31.9 Å². The summed E-state index contributed by atoms with van der Waals surface area (Å²) in [7, 11) is 0. The van der Waals surface area contributed by atoms with E-state index in [1.165, 1.54) is 37.7 Å². The molecule has 0 saturated heterocycles. The second-order valence-corrected chi connectivity index (χ2v) is 5.87. The Morgan fingerprint density at radius 3 is 2.86 bits per heavy atom. The van der Waals surface area contributed by atoms with E-state index in [1.54, 1.807) is 0 Å². The molecule has 1 aromatic heterocycles. The number of rotatable bonds is 8. The molecule has 0 unspecified atom stereocenters. The van der Waals surface area contributed by atoms with Gasteiger partial charge in [0.2, 0.25) is 0 Å². The van der Waals surface area contributed by atoms with Gasteiger partial charge in [0.25, 0.3) is 0 Å². The van der Waals surface area contributed by atoms with Gasteiger partial charge in [-0.25, -0.2) is 4.98 Å². The number of aliphatic hydroxyl groups excluding tert-OH is 1.